The summed E-state index contributed by atoms with van der Waals surface area (Å²) in [4.78, 5) is 0. The lowest BCUT2D eigenvalue weighted by atomic mass is 11.9. The standard InChI is InChI=1S/C2H11Si3/c1-3-5-4-2/h5H,3-4H2,1-2H3. The average molecular weight is 119 g/mol. The molecule has 0 aromatic carbocycles. The third-order valence-electron chi connectivity index (χ3n) is 0.577. The molecule has 0 aromatic rings. The van der Waals surface area contributed by atoms with Gasteiger partial charge in [-0.25, -0.2) is 0 Å². The molecule has 0 aliphatic heterocycles. The molecule has 0 atom stereocenters. The molecule has 0 N–H and O–H groups in total. The molecule has 1 radical (unpaired) electrons. The van der Waals surface area contributed by atoms with E-state index in [1.807, 2.05) is 0 Å². The van der Waals surface area contributed by atoms with Crippen molar-refractivity contribution in [3.63, 3.8) is 0 Å². The lowest BCUT2D eigenvalue weighted by molar-refractivity contribution is 2.34. The minimum absolute atomic E-state index is 0.559. The lowest BCUT2D eigenvalue weighted by Gasteiger charge is -1.74. The second-order valence-corrected chi connectivity index (χ2v) is 15.1. The van der Waals surface area contributed by atoms with E-state index in [1.165, 1.54) is 0 Å². The first-order valence-electron chi connectivity index (χ1n) is 2.23. The van der Waals surface area contributed by atoms with Gasteiger partial charge >= 0.3 is 0 Å². The van der Waals surface area contributed by atoms with Crippen LogP contribution in [0.4, 0.5) is 0 Å². The minimum Gasteiger partial charge on any atom is -0.0773 e. The quantitative estimate of drug-likeness (QED) is 0.396. The van der Waals surface area contributed by atoms with Crippen LogP contribution in [-0.4, -0.2) is 26.6 Å². The Morgan fingerprint density at radius 3 is 1.60 bits per heavy atom. The number of hydrogen-bond acceptors (Lipinski definition) is 0. The summed E-state index contributed by atoms with van der Waals surface area (Å²) in [6.45, 7) is 4.84. The van der Waals surface area contributed by atoms with Crippen molar-refractivity contribution in [2.75, 3.05) is 0 Å². The highest BCUT2D eigenvalue weighted by molar-refractivity contribution is 7.28. The molecule has 31 valence electrons. The third kappa shape index (κ3) is 4.65. The van der Waals surface area contributed by atoms with Gasteiger partial charge in [-0.15, -0.1) is 0 Å². The topological polar surface area (TPSA) is 0 Å². The van der Waals surface area contributed by atoms with Gasteiger partial charge < -0.3 is 0 Å². The fourth-order valence-corrected chi connectivity index (χ4v) is 7.79. The van der Waals surface area contributed by atoms with Gasteiger partial charge in [-0.2, -0.15) is 0 Å². The van der Waals surface area contributed by atoms with Gasteiger partial charge in [0.1, 0.15) is 0 Å². The van der Waals surface area contributed by atoms with Crippen molar-refractivity contribution >= 4 is 26.6 Å². The van der Waals surface area contributed by atoms with Gasteiger partial charge in [0, 0.05) is 26.6 Å². The van der Waals surface area contributed by atoms with Crippen LogP contribution in [0.1, 0.15) is 0 Å². The van der Waals surface area contributed by atoms with Crippen LogP contribution < -0.4 is 0 Å². The molecule has 0 aromatic heterocycles. The van der Waals surface area contributed by atoms with Crippen molar-refractivity contribution in [3.8, 4) is 0 Å². The molecule has 3 heteroatoms. The molecule has 0 aliphatic carbocycles. The van der Waals surface area contributed by atoms with Crippen LogP contribution in [0.25, 0.3) is 0 Å². The normalized spacial score (nSPS) is 13.2. The predicted octanol–water partition coefficient (Wildman–Crippen LogP) is -1.31. The van der Waals surface area contributed by atoms with E-state index in [0.29, 0.717) is 18.1 Å². The van der Waals surface area contributed by atoms with E-state index in [9.17, 15) is 0 Å². The van der Waals surface area contributed by atoms with E-state index in [-0.39, 0.29) is 0 Å². The molecule has 0 unspecified atom stereocenters. The Morgan fingerprint density at radius 1 is 1.20 bits per heavy atom. The summed E-state index contributed by atoms with van der Waals surface area (Å²) in [5.41, 5.74) is 0. The highest BCUT2D eigenvalue weighted by Crippen LogP contribution is 1.48. The largest absolute Gasteiger partial charge is 0.0773 e. The van der Waals surface area contributed by atoms with Crippen LogP contribution in [0.5, 0.6) is 0 Å². The van der Waals surface area contributed by atoms with E-state index in [0.717, 1.165) is 8.55 Å². The van der Waals surface area contributed by atoms with Crippen LogP contribution in [0, 0.1) is 0 Å². The fourth-order valence-electron chi connectivity index (χ4n) is 0.289. The summed E-state index contributed by atoms with van der Waals surface area (Å²) in [5, 5.41) is 0. The van der Waals surface area contributed by atoms with E-state index in [4.69, 9.17) is 0 Å². The molecule has 0 amide bonds. The zero-order chi connectivity index (χ0) is 4.12. The maximum atomic E-state index is 2.42. The van der Waals surface area contributed by atoms with Crippen molar-refractivity contribution in [1.29, 1.82) is 0 Å². The molecule has 5 heavy (non-hydrogen) atoms. The second-order valence-electron chi connectivity index (χ2n) is 1.11. The number of hydrogen-bond donors (Lipinski definition) is 0. The highest BCUT2D eigenvalue weighted by Gasteiger charge is 1.72. The van der Waals surface area contributed by atoms with Gasteiger partial charge in [0.25, 0.3) is 0 Å². The average Bonchev–Trinajstić information content (AvgIpc) is 1.41. The Hall–Kier alpha value is 0.651. The zero-order valence-corrected chi connectivity index (χ0v) is 7.97. The summed E-state index contributed by atoms with van der Waals surface area (Å²) in [6.07, 6.45) is 0. The van der Waals surface area contributed by atoms with Gasteiger partial charge in [-0.3, -0.25) is 0 Å². The van der Waals surface area contributed by atoms with Crippen LogP contribution >= 0.6 is 0 Å². The van der Waals surface area contributed by atoms with Gasteiger partial charge in [0.05, 0.1) is 0 Å². The molecule has 0 heterocycles. The Morgan fingerprint density at radius 2 is 1.60 bits per heavy atom. The number of rotatable bonds is 2. The van der Waals surface area contributed by atoms with Crippen LogP contribution in [0.2, 0.25) is 13.1 Å². The third-order valence-corrected chi connectivity index (χ3v) is 15.6. The van der Waals surface area contributed by atoms with Crippen LogP contribution in [0.3, 0.4) is 0 Å². The Balaban J connectivity index is 2.19. The summed E-state index contributed by atoms with van der Waals surface area (Å²) < 4.78 is 0. The molecular formula is C2H11Si3. The van der Waals surface area contributed by atoms with Gasteiger partial charge in [-0.1, -0.05) is 13.1 Å². The fraction of sp³-hybridized carbons (Fsp3) is 1.00. The van der Waals surface area contributed by atoms with Gasteiger partial charge in [-0.05, 0) is 0 Å². The molecule has 0 spiro atoms. The summed E-state index contributed by atoms with van der Waals surface area (Å²) in [6, 6.07) is 0. The van der Waals surface area contributed by atoms with E-state index < -0.39 is 0 Å². The van der Waals surface area contributed by atoms with Crippen molar-refractivity contribution in [2.24, 2.45) is 0 Å². The zero-order valence-electron chi connectivity index (χ0n) is 3.99. The van der Waals surface area contributed by atoms with Crippen molar-refractivity contribution in [1.82, 2.24) is 0 Å². The van der Waals surface area contributed by atoms with Gasteiger partial charge in [0.2, 0.25) is 0 Å². The van der Waals surface area contributed by atoms with E-state index >= 15 is 0 Å². The first kappa shape index (κ1) is 5.65. The maximum absolute atomic E-state index is 2.42. The highest BCUT2D eigenvalue weighted by atomic mass is 29.5. The second kappa shape index (κ2) is 4.65. The molecule has 0 aliphatic rings. The molecule has 0 saturated heterocycles. The van der Waals surface area contributed by atoms with Crippen molar-refractivity contribution in [3.05, 3.63) is 0 Å². The molecule has 0 fully saturated rings. The molecular weight excluding hydrogens is 108 g/mol. The Labute approximate surface area is 40.4 Å². The summed E-state index contributed by atoms with van der Waals surface area (Å²) in [5.74, 6) is 0. The Bertz CT molecular complexity index is 12.4. The SMILES string of the molecule is C[SiH2][SiH][SiH2]C. The molecule has 0 bridgehead atoms. The van der Waals surface area contributed by atoms with E-state index in [2.05, 4.69) is 13.1 Å². The first-order valence-corrected chi connectivity index (χ1v) is 11.6. The molecule has 0 saturated carbocycles. The first-order chi connectivity index (χ1) is 2.41. The van der Waals surface area contributed by atoms with Crippen LogP contribution in [-0.2, 0) is 0 Å². The van der Waals surface area contributed by atoms with Crippen molar-refractivity contribution < 1.29 is 0 Å². The van der Waals surface area contributed by atoms with Crippen molar-refractivity contribution in [2.45, 2.75) is 13.1 Å². The van der Waals surface area contributed by atoms with Gasteiger partial charge in [0.15, 0.2) is 0 Å². The predicted molar refractivity (Wildman–Crippen MR) is 36.0 cm³/mol. The lowest BCUT2D eigenvalue weighted by Crippen LogP contribution is -2.03. The van der Waals surface area contributed by atoms with Crippen LogP contribution in [0.15, 0.2) is 0 Å². The summed E-state index contributed by atoms with van der Waals surface area (Å²) in [7, 11) is 2.21. The molecule has 0 rings (SSSR count). The maximum Gasteiger partial charge on any atom is 0.00225 e. The Kier molecular flexibility index (Phi) is 5.26. The van der Waals surface area contributed by atoms with E-state index in [1.54, 1.807) is 0 Å². The summed E-state index contributed by atoms with van der Waals surface area (Å²) >= 11 is 0. The molecule has 0 nitrogen and oxygen atoms in total. The smallest absolute Gasteiger partial charge is 0.00225 e. The minimum atomic E-state index is 0.559. The monoisotopic (exact) mass is 119 g/mol.